The van der Waals surface area contributed by atoms with Gasteiger partial charge in [-0.1, -0.05) is 30.3 Å². The first-order chi connectivity index (χ1) is 11.6. The zero-order chi connectivity index (χ0) is 18.6. The van der Waals surface area contributed by atoms with Crippen LogP contribution in [-0.2, 0) is 11.3 Å². The van der Waals surface area contributed by atoms with E-state index in [-0.39, 0.29) is 19.4 Å². The van der Waals surface area contributed by atoms with Gasteiger partial charge in [-0.15, -0.1) is 0 Å². The van der Waals surface area contributed by atoms with Crippen molar-refractivity contribution in [3.05, 3.63) is 35.9 Å². The van der Waals surface area contributed by atoms with Gasteiger partial charge in [0, 0.05) is 12.0 Å². The van der Waals surface area contributed by atoms with Crippen LogP contribution in [0.3, 0.4) is 0 Å². The molecule has 1 aromatic carbocycles. The molecule has 0 unspecified atom stereocenters. The number of amides is 1. The van der Waals surface area contributed by atoms with Crippen molar-refractivity contribution in [2.45, 2.75) is 51.2 Å². The number of carbonyl (C=O) groups is 1. The van der Waals surface area contributed by atoms with Crippen molar-refractivity contribution < 1.29 is 22.8 Å². The molecule has 4 nitrogen and oxygen atoms in total. The quantitative estimate of drug-likeness (QED) is 0.785. The summed E-state index contributed by atoms with van der Waals surface area (Å²) in [6.07, 6.45) is 0.129. The Kier molecular flexibility index (Phi) is 6.03. The third kappa shape index (κ3) is 6.61. The first-order valence-electron chi connectivity index (χ1n) is 8.80. The van der Waals surface area contributed by atoms with Crippen LogP contribution in [0, 0.1) is 0 Å². The van der Waals surface area contributed by atoms with E-state index in [0.29, 0.717) is 24.0 Å². The molecule has 1 aliphatic heterocycles. The lowest BCUT2D eigenvalue weighted by molar-refractivity contribution is -0.917. The highest BCUT2D eigenvalue weighted by molar-refractivity contribution is 5.68. The lowest BCUT2D eigenvalue weighted by atomic mass is 9.97. The lowest BCUT2D eigenvalue weighted by Crippen LogP contribution is -2.55. The maximum atomic E-state index is 13.3. The van der Waals surface area contributed by atoms with E-state index in [1.807, 2.05) is 51.2 Å². The second-order valence-electron chi connectivity index (χ2n) is 7.97. The molecule has 1 aliphatic rings. The molecule has 0 spiro atoms. The minimum Gasteiger partial charge on any atom is -0.445 e. The second kappa shape index (κ2) is 7.68. The summed E-state index contributed by atoms with van der Waals surface area (Å²) in [5, 5.41) is 2.88. The summed E-state index contributed by atoms with van der Waals surface area (Å²) < 4.78 is 32.5. The maximum Gasteiger partial charge on any atom is 0.407 e. The molecule has 0 bridgehead atoms. The number of alkyl halides is 2. The second-order valence-corrected chi connectivity index (χ2v) is 7.97. The van der Waals surface area contributed by atoms with Crippen molar-refractivity contribution in [1.82, 2.24) is 5.32 Å². The molecule has 6 heteroatoms. The van der Waals surface area contributed by atoms with Crippen LogP contribution in [0.25, 0.3) is 0 Å². The van der Waals surface area contributed by atoms with Crippen LogP contribution < -0.4 is 5.32 Å². The molecular formula is C19H29F2N2O2+. The van der Waals surface area contributed by atoms with Gasteiger partial charge >= 0.3 is 6.09 Å². The minimum atomic E-state index is -2.52. The Morgan fingerprint density at radius 2 is 1.84 bits per heavy atom. The summed E-state index contributed by atoms with van der Waals surface area (Å²) in [4.78, 5) is 12.0. The van der Waals surface area contributed by atoms with Gasteiger partial charge in [0.05, 0.1) is 39.5 Å². The van der Waals surface area contributed by atoms with Gasteiger partial charge in [0.15, 0.2) is 0 Å². The van der Waals surface area contributed by atoms with Gasteiger partial charge < -0.3 is 14.5 Å². The highest BCUT2D eigenvalue weighted by Crippen LogP contribution is 2.31. The number of hydrogen-bond acceptors (Lipinski definition) is 2. The van der Waals surface area contributed by atoms with Gasteiger partial charge in [0.25, 0.3) is 5.92 Å². The van der Waals surface area contributed by atoms with Crippen molar-refractivity contribution in [1.29, 1.82) is 0 Å². The van der Waals surface area contributed by atoms with E-state index in [4.69, 9.17) is 4.74 Å². The van der Waals surface area contributed by atoms with Crippen molar-refractivity contribution in [2.75, 3.05) is 26.7 Å². The number of benzene rings is 1. The zero-order valence-electron chi connectivity index (χ0n) is 15.4. The predicted molar refractivity (Wildman–Crippen MR) is 93.4 cm³/mol. The Morgan fingerprint density at radius 1 is 1.24 bits per heavy atom. The van der Waals surface area contributed by atoms with E-state index in [1.54, 1.807) is 0 Å². The molecule has 0 aliphatic carbocycles. The summed E-state index contributed by atoms with van der Waals surface area (Å²) in [5.41, 5.74) is 0.484. The van der Waals surface area contributed by atoms with Crippen molar-refractivity contribution in [3.8, 4) is 0 Å². The number of halogens is 2. The number of alkyl carbamates (subject to hydrolysis) is 1. The smallest absolute Gasteiger partial charge is 0.407 e. The standard InChI is InChI=1S/C19H28F2N2O2/c1-18(2,9-12-23(3)13-10-19(20,21)11-14-23)22-17(24)25-15-16-7-5-4-6-8-16/h4-8H,9-15H2,1-3H3/p+1. The van der Waals surface area contributed by atoms with Crippen molar-refractivity contribution in [3.63, 3.8) is 0 Å². The molecule has 0 aromatic heterocycles. The van der Waals surface area contributed by atoms with E-state index in [2.05, 4.69) is 5.32 Å². The van der Waals surface area contributed by atoms with Crippen LogP contribution in [0.1, 0.15) is 38.7 Å². The molecule has 1 saturated heterocycles. The van der Waals surface area contributed by atoms with Crippen molar-refractivity contribution >= 4 is 6.09 Å². The van der Waals surface area contributed by atoms with Crippen molar-refractivity contribution in [2.24, 2.45) is 0 Å². The third-order valence-electron chi connectivity index (χ3n) is 4.96. The summed E-state index contributed by atoms with van der Waals surface area (Å²) in [6.45, 7) is 5.79. The molecule has 25 heavy (non-hydrogen) atoms. The van der Waals surface area contributed by atoms with Crippen LogP contribution in [0.4, 0.5) is 13.6 Å². The number of nitrogens with one attached hydrogen (secondary N) is 1. The molecule has 1 fully saturated rings. The van der Waals surface area contributed by atoms with Crippen LogP contribution in [-0.4, -0.2) is 48.7 Å². The molecule has 140 valence electrons. The van der Waals surface area contributed by atoms with E-state index < -0.39 is 17.6 Å². The van der Waals surface area contributed by atoms with E-state index in [9.17, 15) is 13.6 Å². The number of carbonyl (C=O) groups excluding carboxylic acids is 1. The average Bonchev–Trinajstić information content (AvgIpc) is 2.55. The van der Waals surface area contributed by atoms with Gasteiger partial charge in [-0.2, -0.15) is 0 Å². The number of rotatable bonds is 6. The van der Waals surface area contributed by atoms with Crippen LogP contribution in [0.5, 0.6) is 0 Å². The fraction of sp³-hybridized carbons (Fsp3) is 0.632. The van der Waals surface area contributed by atoms with Crippen LogP contribution >= 0.6 is 0 Å². The van der Waals surface area contributed by atoms with Gasteiger partial charge in [0.2, 0.25) is 0 Å². The molecule has 0 radical (unpaired) electrons. The van der Waals surface area contributed by atoms with Crippen LogP contribution in [0.2, 0.25) is 0 Å². The zero-order valence-corrected chi connectivity index (χ0v) is 15.4. The molecule has 1 amide bonds. The fourth-order valence-corrected chi connectivity index (χ4v) is 2.97. The number of quaternary nitrogens is 1. The average molecular weight is 355 g/mol. The van der Waals surface area contributed by atoms with Gasteiger partial charge in [0.1, 0.15) is 6.61 Å². The Bertz CT molecular complexity index is 566. The first-order valence-corrected chi connectivity index (χ1v) is 8.80. The molecule has 2 rings (SSSR count). The maximum absolute atomic E-state index is 13.3. The Morgan fingerprint density at radius 3 is 2.44 bits per heavy atom. The monoisotopic (exact) mass is 355 g/mol. The fourth-order valence-electron chi connectivity index (χ4n) is 2.97. The van der Waals surface area contributed by atoms with Gasteiger partial charge in [-0.25, -0.2) is 13.6 Å². The largest absolute Gasteiger partial charge is 0.445 e. The molecule has 1 aromatic rings. The molecule has 1 N–H and O–H groups in total. The summed E-state index contributed by atoms with van der Waals surface area (Å²) >= 11 is 0. The topological polar surface area (TPSA) is 38.3 Å². The SMILES string of the molecule is CC(C)(CC[N+]1(C)CCC(F)(F)CC1)NC(=O)OCc1ccccc1. The number of ether oxygens (including phenoxy) is 1. The predicted octanol–water partition coefficient (Wildman–Crippen LogP) is 3.96. The molecule has 0 atom stereocenters. The number of likely N-dealkylation sites (tertiary alicyclic amines) is 1. The van der Waals surface area contributed by atoms with E-state index >= 15 is 0 Å². The lowest BCUT2D eigenvalue weighted by Gasteiger charge is -2.42. The Labute approximate surface area is 148 Å². The minimum absolute atomic E-state index is 0.0591. The summed E-state index contributed by atoms with van der Waals surface area (Å²) in [7, 11) is 2.01. The highest BCUT2D eigenvalue weighted by atomic mass is 19.3. The van der Waals surface area contributed by atoms with E-state index in [0.717, 1.165) is 12.1 Å². The first kappa shape index (κ1) is 19.6. The molecule has 0 saturated carbocycles. The Hall–Kier alpha value is -1.69. The van der Waals surface area contributed by atoms with Gasteiger partial charge in [-0.05, 0) is 19.4 Å². The van der Waals surface area contributed by atoms with E-state index in [1.165, 1.54) is 0 Å². The summed E-state index contributed by atoms with van der Waals surface area (Å²) in [5.74, 6) is -2.52. The summed E-state index contributed by atoms with van der Waals surface area (Å²) in [6, 6.07) is 9.50. The molecular weight excluding hydrogens is 326 g/mol. The number of piperidine rings is 1. The number of hydrogen-bond donors (Lipinski definition) is 1. The Balaban J connectivity index is 1.76. The number of nitrogens with zero attached hydrogens (tertiary/aromatic N) is 1. The normalized spacial score (nSPS) is 19.2. The van der Waals surface area contributed by atoms with Gasteiger partial charge in [-0.3, -0.25) is 0 Å². The van der Waals surface area contributed by atoms with Crippen LogP contribution in [0.15, 0.2) is 30.3 Å². The third-order valence-corrected chi connectivity index (χ3v) is 4.96. The molecule has 1 heterocycles. The highest BCUT2D eigenvalue weighted by Gasteiger charge is 2.41.